The van der Waals surface area contributed by atoms with Gasteiger partial charge in [0, 0.05) is 18.0 Å². The minimum absolute atomic E-state index is 0. The summed E-state index contributed by atoms with van der Waals surface area (Å²) in [6.07, 6.45) is 4.05. The summed E-state index contributed by atoms with van der Waals surface area (Å²) in [5, 5.41) is 11.1. The molecule has 0 saturated heterocycles. The molecule has 0 fully saturated rings. The predicted octanol–water partition coefficient (Wildman–Crippen LogP) is -2.03. The molecule has 2 aromatic heterocycles. The molecule has 0 aliphatic heterocycles. The Morgan fingerprint density at radius 2 is 1.34 bits per heavy atom. The SMILES string of the molecule is COc1cccc(C=O)c1[O-].[Ni+2].[O-][Cl+3]([O-])([O-])[O-].c1ccc(-c2ccccn2)nc1. The monoisotopic (exact) mass is 464 g/mol. The first-order valence-electron chi connectivity index (χ1n) is 7.49. The van der Waals surface area contributed by atoms with E-state index in [1.165, 1.54) is 19.2 Å². The van der Waals surface area contributed by atoms with Gasteiger partial charge in [0.25, 0.3) is 0 Å². The molecule has 0 N–H and O–H groups in total. The minimum Gasteiger partial charge on any atom is -0.869 e. The number of carbonyl (C=O) groups excluding carboxylic acids is 1. The van der Waals surface area contributed by atoms with E-state index in [2.05, 4.69) is 9.97 Å². The quantitative estimate of drug-likeness (QED) is 0.313. The van der Waals surface area contributed by atoms with Gasteiger partial charge in [0.2, 0.25) is 0 Å². The zero-order valence-electron chi connectivity index (χ0n) is 14.9. The number of nitrogens with zero attached hydrogens (tertiary/aromatic N) is 2. The van der Waals surface area contributed by atoms with E-state index in [1.807, 2.05) is 36.4 Å². The van der Waals surface area contributed by atoms with Crippen molar-refractivity contribution in [1.82, 2.24) is 9.97 Å². The molecule has 156 valence electrons. The van der Waals surface area contributed by atoms with Gasteiger partial charge in [0.15, 0.2) is 0 Å². The van der Waals surface area contributed by atoms with Gasteiger partial charge in [-0.3, -0.25) is 14.8 Å². The minimum atomic E-state index is -4.94. The van der Waals surface area contributed by atoms with E-state index < -0.39 is 10.2 Å². The average molecular weight is 465 g/mol. The van der Waals surface area contributed by atoms with Crippen LogP contribution in [0.15, 0.2) is 67.0 Å². The van der Waals surface area contributed by atoms with Crippen LogP contribution in [0.4, 0.5) is 0 Å². The van der Waals surface area contributed by atoms with Crippen LogP contribution in [0.1, 0.15) is 10.4 Å². The molecule has 0 bridgehead atoms. The summed E-state index contributed by atoms with van der Waals surface area (Å²) in [4.78, 5) is 18.6. The Bertz CT molecular complexity index is 806. The average Bonchev–Trinajstić information content (AvgIpc) is 2.69. The van der Waals surface area contributed by atoms with Crippen LogP contribution in [0.25, 0.3) is 11.4 Å². The summed E-state index contributed by atoms with van der Waals surface area (Å²) in [7, 11) is -3.55. The van der Waals surface area contributed by atoms with Crippen molar-refractivity contribution < 1.29 is 60.0 Å². The zero-order valence-corrected chi connectivity index (χ0v) is 16.6. The number of ether oxygens (including phenoxy) is 1. The van der Waals surface area contributed by atoms with Gasteiger partial charge in [0.1, 0.15) is 12.0 Å². The second-order valence-electron chi connectivity index (χ2n) is 4.80. The largest absolute Gasteiger partial charge is 2.00 e. The third kappa shape index (κ3) is 11.1. The number of carbonyl (C=O) groups is 1. The van der Waals surface area contributed by atoms with Crippen LogP contribution in [0.2, 0.25) is 0 Å². The summed E-state index contributed by atoms with van der Waals surface area (Å²) in [6, 6.07) is 16.2. The number of halogens is 1. The van der Waals surface area contributed by atoms with Gasteiger partial charge >= 0.3 is 16.5 Å². The maximum Gasteiger partial charge on any atom is 2.00 e. The van der Waals surface area contributed by atoms with Crippen LogP contribution in [0.5, 0.6) is 11.5 Å². The van der Waals surface area contributed by atoms with E-state index in [-0.39, 0.29) is 33.6 Å². The first-order valence-corrected chi connectivity index (χ1v) is 8.73. The molecule has 11 heteroatoms. The van der Waals surface area contributed by atoms with Crippen LogP contribution < -0.4 is 28.5 Å². The predicted molar refractivity (Wildman–Crippen MR) is 85.3 cm³/mol. The van der Waals surface area contributed by atoms with Crippen molar-refractivity contribution in [2.75, 3.05) is 7.11 Å². The van der Waals surface area contributed by atoms with Crippen LogP contribution in [-0.4, -0.2) is 23.4 Å². The van der Waals surface area contributed by atoms with Gasteiger partial charge in [-0.2, -0.15) is 0 Å². The van der Waals surface area contributed by atoms with Crippen molar-refractivity contribution in [2.24, 2.45) is 0 Å². The Hall–Kier alpha value is -2.59. The molecule has 0 atom stereocenters. The van der Waals surface area contributed by atoms with E-state index in [4.69, 9.17) is 23.4 Å². The zero-order chi connectivity index (χ0) is 21.0. The van der Waals surface area contributed by atoms with Gasteiger partial charge in [-0.05, 0) is 30.3 Å². The summed E-state index contributed by atoms with van der Waals surface area (Å²) in [5.41, 5.74) is 1.96. The van der Waals surface area contributed by atoms with Gasteiger partial charge < -0.3 is 9.84 Å². The molecular formula is C18H15ClN2NiO7. The molecule has 0 radical (unpaired) electrons. The van der Waals surface area contributed by atoms with Crippen LogP contribution in [-0.2, 0) is 16.5 Å². The van der Waals surface area contributed by atoms with Gasteiger partial charge in [-0.15, -0.1) is 10.2 Å². The summed E-state index contributed by atoms with van der Waals surface area (Å²) in [5.74, 6) is -0.153. The van der Waals surface area contributed by atoms with E-state index in [9.17, 15) is 9.90 Å². The normalized spacial score (nSPS) is 9.55. The summed E-state index contributed by atoms with van der Waals surface area (Å²) in [6.45, 7) is 0. The number of pyridine rings is 2. The topological polar surface area (TPSA) is 167 Å². The number of hydrogen-bond acceptors (Lipinski definition) is 9. The molecular weight excluding hydrogens is 450 g/mol. The van der Waals surface area contributed by atoms with Crippen molar-refractivity contribution in [3.05, 3.63) is 72.6 Å². The van der Waals surface area contributed by atoms with Crippen LogP contribution in [0, 0.1) is 10.2 Å². The van der Waals surface area contributed by atoms with Crippen molar-refractivity contribution >= 4 is 6.29 Å². The van der Waals surface area contributed by atoms with E-state index in [0.29, 0.717) is 6.29 Å². The Kier molecular flexibility index (Phi) is 12.4. The molecule has 1 aromatic carbocycles. The molecule has 0 aliphatic carbocycles. The molecule has 0 aliphatic rings. The van der Waals surface area contributed by atoms with Crippen LogP contribution in [0.3, 0.4) is 0 Å². The fourth-order valence-corrected chi connectivity index (χ4v) is 1.81. The second kappa shape index (κ2) is 13.6. The smallest absolute Gasteiger partial charge is 0.869 e. The number of para-hydroxylation sites is 1. The third-order valence-corrected chi connectivity index (χ3v) is 2.95. The Morgan fingerprint density at radius 1 is 0.862 bits per heavy atom. The van der Waals surface area contributed by atoms with Crippen LogP contribution >= 0.6 is 0 Å². The van der Waals surface area contributed by atoms with Gasteiger partial charge in [-0.25, -0.2) is 18.6 Å². The maximum atomic E-state index is 11.1. The van der Waals surface area contributed by atoms with E-state index >= 15 is 0 Å². The van der Waals surface area contributed by atoms with Crippen molar-refractivity contribution in [1.29, 1.82) is 0 Å². The molecule has 0 amide bonds. The molecule has 3 rings (SSSR count). The van der Waals surface area contributed by atoms with E-state index in [0.717, 1.165) is 11.4 Å². The molecule has 0 unspecified atom stereocenters. The first-order chi connectivity index (χ1) is 13.3. The number of hydrogen-bond donors (Lipinski definition) is 0. The number of rotatable bonds is 3. The fourth-order valence-electron chi connectivity index (χ4n) is 1.81. The number of methoxy groups -OCH3 is 1. The molecule has 2 heterocycles. The van der Waals surface area contributed by atoms with Gasteiger partial charge in [-0.1, -0.05) is 30.0 Å². The van der Waals surface area contributed by atoms with Crippen molar-refractivity contribution in [2.45, 2.75) is 0 Å². The molecule has 9 nitrogen and oxygen atoms in total. The fraction of sp³-hybridized carbons (Fsp3) is 0.0556. The molecule has 0 spiro atoms. The Labute approximate surface area is 178 Å². The first kappa shape index (κ1) is 26.4. The number of benzene rings is 1. The summed E-state index contributed by atoms with van der Waals surface area (Å²) >= 11 is 0. The van der Waals surface area contributed by atoms with E-state index in [1.54, 1.807) is 18.5 Å². The standard InChI is InChI=1S/C10H8N2.C8H8O3.ClHO4.Ni/c1-3-7-11-9(5-1)10-6-2-4-8-12-10;1-11-7-4-2-3-6(5-9)8(7)10;2-1(3,4)5;/h1-8H;2-5,10H,1H3;(H,2,3,4,5);/q;;;+2/p-2. The molecule has 3 aromatic rings. The molecule has 0 saturated carbocycles. The molecule has 29 heavy (non-hydrogen) atoms. The third-order valence-electron chi connectivity index (χ3n) is 2.95. The number of aromatic nitrogens is 2. The summed E-state index contributed by atoms with van der Waals surface area (Å²) < 4.78 is 38.7. The Balaban J connectivity index is 0.000000432. The van der Waals surface area contributed by atoms with Crippen molar-refractivity contribution in [3.8, 4) is 22.9 Å². The maximum absolute atomic E-state index is 11.1. The van der Waals surface area contributed by atoms with Crippen molar-refractivity contribution in [3.63, 3.8) is 0 Å². The second-order valence-corrected chi connectivity index (χ2v) is 5.56. The Morgan fingerprint density at radius 3 is 1.69 bits per heavy atom. The van der Waals surface area contributed by atoms with Gasteiger partial charge in [0.05, 0.1) is 18.5 Å². The number of aldehydes is 1.